The highest BCUT2D eigenvalue weighted by atomic mass is 32.1. The summed E-state index contributed by atoms with van der Waals surface area (Å²) in [6.45, 7) is 7.60. The highest BCUT2D eigenvalue weighted by molar-refractivity contribution is 7.18. The molecule has 0 fully saturated rings. The molecule has 8 heteroatoms. The zero-order chi connectivity index (χ0) is 22.3. The molecule has 0 saturated heterocycles. The largest absolute Gasteiger partial charge is 0.497 e. The Labute approximate surface area is 180 Å². The number of hydrogen-bond acceptors (Lipinski definition) is 6. The predicted octanol–water partition coefficient (Wildman–Crippen LogP) is 4.09. The predicted molar refractivity (Wildman–Crippen MR) is 118 cm³/mol. The molecule has 0 aliphatic rings. The van der Waals surface area contributed by atoms with Gasteiger partial charge in [0.1, 0.15) is 10.6 Å². The second kappa shape index (κ2) is 10.2. The van der Waals surface area contributed by atoms with Gasteiger partial charge in [0.2, 0.25) is 11.8 Å². The van der Waals surface area contributed by atoms with Gasteiger partial charge in [-0.3, -0.25) is 9.59 Å². The molecule has 1 aromatic heterocycles. The van der Waals surface area contributed by atoms with Gasteiger partial charge in [0, 0.05) is 23.3 Å². The zero-order valence-corrected chi connectivity index (χ0v) is 18.8. The van der Waals surface area contributed by atoms with Gasteiger partial charge in [-0.15, -0.1) is 11.3 Å². The van der Waals surface area contributed by atoms with Gasteiger partial charge in [-0.05, 0) is 42.8 Å². The minimum Gasteiger partial charge on any atom is -0.497 e. The van der Waals surface area contributed by atoms with Crippen LogP contribution in [0, 0.1) is 5.41 Å². The molecule has 1 aromatic carbocycles. The number of carbonyl (C=O) groups excluding carboxylic acids is 3. The maximum atomic E-state index is 12.4. The summed E-state index contributed by atoms with van der Waals surface area (Å²) in [6, 6.07) is 9.18. The molecule has 0 radical (unpaired) electrons. The maximum absolute atomic E-state index is 12.4. The molecule has 2 amide bonds. The van der Waals surface area contributed by atoms with E-state index in [0.717, 1.165) is 16.2 Å². The first-order valence-electron chi connectivity index (χ1n) is 9.69. The number of nitrogens with one attached hydrogen (secondary N) is 2. The van der Waals surface area contributed by atoms with E-state index in [-0.39, 0.29) is 31.4 Å². The summed E-state index contributed by atoms with van der Waals surface area (Å²) >= 11 is 1.25. The number of carbonyl (C=O) groups is 3. The van der Waals surface area contributed by atoms with Gasteiger partial charge in [-0.2, -0.15) is 0 Å². The molecule has 2 aromatic rings. The van der Waals surface area contributed by atoms with Crippen molar-refractivity contribution in [1.82, 2.24) is 5.32 Å². The summed E-state index contributed by atoms with van der Waals surface area (Å²) in [7, 11) is 1.59. The molecule has 0 aliphatic carbocycles. The average molecular weight is 433 g/mol. The molecule has 30 heavy (non-hydrogen) atoms. The first kappa shape index (κ1) is 23.4. The Morgan fingerprint density at radius 3 is 2.33 bits per heavy atom. The van der Waals surface area contributed by atoms with E-state index < -0.39 is 11.4 Å². The van der Waals surface area contributed by atoms with Gasteiger partial charge in [0.05, 0.1) is 19.4 Å². The van der Waals surface area contributed by atoms with Crippen LogP contribution in [0.4, 0.5) is 5.69 Å². The topological polar surface area (TPSA) is 93.7 Å². The number of amides is 2. The van der Waals surface area contributed by atoms with Gasteiger partial charge < -0.3 is 20.1 Å². The fourth-order valence-corrected chi connectivity index (χ4v) is 3.51. The molecule has 2 rings (SSSR count). The van der Waals surface area contributed by atoms with Crippen molar-refractivity contribution < 1.29 is 23.9 Å². The second-order valence-electron chi connectivity index (χ2n) is 7.61. The molecule has 1 heterocycles. The van der Waals surface area contributed by atoms with Crippen LogP contribution in [0.2, 0.25) is 0 Å². The smallest absolute Gasteiger partial charge is 0.350 e. The Morgan fingerprint density at radius 2 is 1.77 bits per heavy atom. The summed E-state index contributed by atoms with van der Waals surface area (Å²) in [5.74, 6) is -0.181. The standard InChI is InChI=1S/C22H28N2O5S/c1-6-29-20(26)19-16(24-18(25)11-12-23-21(27)22(2,3)4)13-17(30-19)14-7-9-15(28-5)10-8-14/h7-10,13H,6,11-12H2,1-5H3,(H,23,27)(H,24,25). The van der Waals surface area contributed by atoms with Crippen molar-refractivity contribution in [1.29, 1.82) is 0 Å². The van der Waals surface area contributed by atoms with E-state index in [4.69, 9.17) is 9.47 Å². The van der Waals surface area contributed by atoms with Crippen molar-refractivity contribution in [2.75, 3.05) is 25.6 Å². The van der Waals surface area contributed by atoms with Crippen LogP contribution < -0.4 is 15.4 Å². The second-order valence-corrected chi connectivity index (χ2v) is 8.66. The molecule has 0 atom stereocenters. The number of esters is 1. The molecular formula is C22H28N2O5S. The molecular weight excluding hydrogens is 404 g/mol. The summed E-state index contributed by atoms with van der Waals surface area (Å²) in [6.07, 6.45) is 0.0950. The SMILES string of the molecule is CCOC(=O)c1sc(-c2ccc(OC)cc2)cc1NC(=O)CCNC(=O)C(C)(C)C. The van der Waals surface area contributed by atoms with Crippen LogP contribution in [-0.4, -0.2) is 38.0 Å². The number of thiophene rings is 1. The summed E-state index contributed by atoms with van der Waals surface area (Å²) in [4.78, 5) is 37.8. The van der Waals surface area contributed by atoms with Gasteiger partial charge in [0.15, 0.2) is 0 Å². The van der Waals surface area contributed by atoms with Crippen molar-refractivity contribution in [2.45, 2.75) is 34.1 Å². The van der Waals surface area contributed by atoms with Crippen molar-refractivity contribution in [3.8, 4) is 16.2 Å². The fourth-order valence-electron chi connectivity index (χ4n) is 2.50. The monoisotopic (exact) mass is 432 g/mol. The van der Waals surface area contributed by atoms with Gasteiger partial charge >= 0.3 is 5.97 Å². The van der Waals surface area contributed by atoms with Crippen molar-refractivity contribution in [3.63, 3.8) is 0 Å². The van der Waals surface area contributed by atoms with Crippen molar-refractivity contribution >= 4 is 34.8 Å². The molecule has 162 valence electrons. The van der Waals surface area contributed by atoms with E-state index in [1.807, 2.05) is 24.3 Å². The first-order valence-corrected chi connectivity index (χ1v) is 10.5. The summed E-state index contributed by atoms with van der Waals surface area (Å²) in [5.41, 5.74) is 0.773. The molecule has 0 unspecified atom stereocenters. The quantitative estimate of drug-likeness (QED) is 0.613. The molecule has 2 N–H and O–H groups in total. The van der Waals surface area contributed by atoms with E-state index >= 15 is 0 Å². The van der Waals surface area contributed by atoms with Gasteiger partial charge in [-0.1, -0.05) is 20.8 Å². The number of anilines is 1. The number of ether oxygens (including phenoxy) is 2. The first-order chi connectivity index (χ1) is 14.2. The van der Waals surface area contributed by atoms with E-state index in [0.29, 0.717) is 10.6 Å². The lowest BCUT2D eigenvalue weighted by Crippen LogP contribution is -2.36. The number of benzene rings is 1. The van der Waals surface area contributed by atoms with Crippen LogP contribution >= 0.6 is 11.3 Å². The lowest BCUT2D eigenvalue weighted by molar-refractivity contribution is -0.128. The third kappa shape index (κ3) is 6.32. The third-order valence-corrected chi connectivity index (χ3v) is 5.32. The Bertz CT molecular complexity index is 897. The minimum atomic E-state index is -0.520. The average Bonchev–Trinajstić information content (AvgIpc) is 3.11. The Morgan fingerprint density at radius 1 is 1.10 bits per heavy atom. The molecule has 0 spiro atoms. The fraction of sp³-hybridized carbons (Fsp3) is 0.409. The van der Waals surface area contributed by atoms with Crippen LogP contribution in [0.3, 0.4) is 0 Å². The van der Waals surface area contributed by atoms with Crippen LogP contribution in [0.25, 0.3) is 10.4 Å². The van der Waals surface area contributed by atoms with Crippen LogP contribution in [0.5, 0.6) is 5.75 Å². The van der Waals surface area contributed by atoms with E-state index in [2.05, 4.69) is 10.6 Å². The van der Waals surface area contributed by atoms with E-state index in [1.165, 1.54) is 11.3 Å². The minimum absolute atomic E-state index is 0.0950. The summed E-state index contributed by atoms with van der Waals surface area (Å²) < 4.78 is 10.3. The number of rotatable bonds is 8. The maximum Gasteiger partial charge on any atom is 0.350 e. The Kier molecular flexibility index (Phi) is 8.00. The Hall–Kier alpha value is -2.87. The zero-order valence-electron chi connectivity index (χ0n) is 18.0. The van der Waals surface area contributed by atoms with Crippen molar-refractivity contribution in [3.05, 3.63) is 35.2 Å². The number of methoxy groups -OCH3 is 1. The van der Waals surface area contributed by atoms with Gasteiger partial charge in [0.25, 0.3) is 0 Å². The molecule has 0 saturated carbocycles. The lowest BCUT2D eigenvalue weighted by atomic mass is 9.96. The molecule has 0 bridgehead atoms. The Balaban J connectivity index is 2.14. The third-order valence-electron chi connectivity index (χ3n) is 4.16. The molecule has 7 nitrogen and oxygen atoms in total. The molecule has 0 aliphatic heterocycles. The van der Waals surface area contributed by atoms with Crippen LogP contribution in [0.15, 0.2) is 30.3 Å². The number of hydrogen-bond donors (Lipinski definition) is 2. The van der Waals surface area contributed by atoms with Gasteiger partial charge in [-0.25, -0.2) is 4.79 Å². The van der Waals surface area contributed by atoms with Crippen LogP contribution in [-0.2, 0) is 14.3 Å². The van der Waals surface area contributed by atoms with E-state index in [1.54, 1.807) is 40.9 Å². The van der Waals surface area contributed by atoms with E-state index in [9.17, 15) is 14.4 Å². The summed E-state index contributed by atoms with van der Waals surface area (Å²) in [5, 5.41) is 5.51. The van der Waals surface area contributed by atoms with Crippen LogP contribution in [0.1, 0.15) is 43.8 Å². The van der Waals surface area contributed by atoms with Crippen molar-refractivity contribution in [2.24, 2.45) is 5.41 Å². The highest BCUT2D eigenvalue weighted by Gasteiger charge is 2.22. The lowest BCUT2D eigenvalue weighted by Gasteiger charge is -2.17. The highest BCUT2D eigenvalue weighted by Crippen LogP contribution is 2.36. The normalized spacial score (nSPS) is 11.0.